The van der Waals surface area contributed by atoms with E-state index in [1.165, 1.54) is 24.5 Å². The number of halogens is 2. The van der Waals surface area contributed by atoms with Crippen LogP contribution in [0.4, 0.5) is 10.2 Å². The average Bonchev–Trinajstić information content (AvgIpc) is 2.42. The molecular weight excluding hydrogens is 311 g/mol. The number of nitrogens with zero attached hydrogens (tertiary/aromatic N) is 4. The van der Waals surface area contributed by atoms with E-state index in [9.17, 15) is 4.39 Å². The number of hydrogen-bond acceptors (Lipinski definition) is 4. The van der Waals surface area contributed by atoms with Crippen molar-refractivity contribution in [3.63, 3.8) is 0 Å². The first-order valence-electron chi connectivity index (χ1n) is 5.47. The summed E-state index contributed by atoms with van der Waals surface area (Å²) < 4.78 is 13.7. The van der Waals surface area contributed by atoms with E-state index in [0.717, 1.165) is 5.56 Å². The lowest BCUT2D eigenvalue weighted by atomic mass is 10.2. The van der Waals surface area contributed by atoms with Crippen LogP contribution in [0.15, 0.2) is 35.1 Å². The number of aromatic nitrogens is 2. The maximum Gasteiger partial charge on any atom is 0.158 e. The normalized spacial score (nSPS) is 10.0. The molecule has 0 amide bonds. The Morgan fingerprint density at radius 3 is 2.74 bits per heavy atom. The fraction of sp³-hybridized carbons (Fsp3) is 0.154. The summed E-state index contributed by atoms with van der Waals surface area (Å²) in [5.74, 6) is 0.367. The standard InChI is InChI=1S/C13H10BrFN4/c1-19(13-7-17-11(5-16)6-18-13)8-9-2-3-10(15)4-12(9)14/h2-4,6-7H,8H2,1H3. The fourth-order valence-electron chi connectivity index (χ4n) is 1.56. The van der Waals surface area contributed by atoms with Crippen molar-refractivity contribution in [2.75, 3.05) is 11.9 Å². The summed E-state index contributed by atoms with van der Waals surface area (Å²) >= 11 is 3.33. The van der Waals surface area contributed by atoms with Crippen molar-refractivity contribution in [3.05, 3.63) is 52.1 Å². The van der Waals surface area contributed by atoms with Crippen molar-refractivity contribution in [2.24, 2.45) is 0 Å². The number of hydrogen-bond donors (Lipinski definition) is 0. The SMILES string of the molecule is CN(Cc1ccc(F)cc1Br)c1cnc(C#N)cn1. The lowest BCUT2D eigenvalue weighted by molar-refractivity contribution is 0.625. The van der Waals surface area contributed by atoms with Gasteiger partial charge in [0, 0.05) is 18.1 Å². The molecule has 96 valence electrons. The van der Waals surface area contributed by atoms with Gasteiger partial charge in [0.15, 0.2) is 5.69 Å². The van der Waals surface area contributed by atoms with Gasteiger partial charge in [-0.15, -0.1) is 0 Å². The molecule has 0 fully saturated rings. The minimum absolute atomic E-state index is 0.278. The van der Waals surface area contributed by atoms with Crippen LogP contribution in [0.5, 0.6) is 0 Å². The zero-order chi connectivity index (χ0) is 13.8. The highest BCUT2D eigenvalue weighted by Gasteiger charge is 2.08. The van der Waals surface area contributed by atoms with E-state index >= 15 is 0 Å². The van der Waals surface area contributed by atoms with Crippen molar-refractivity contribution in [1.82, 2.24) is 9.97 Å². The molecule has 0 aliphatic rings. The molecule has 1 aromatic heterocycles. The van der Waals surface area contributed by atoms with E-state index in [1.807, 2.05) is 18.0 Å². The quantitative estimate of drug-likeness (QED) is 0.872. The Hall–Kier alpha value is -2.00. The van der Waals surface area contributed by atoms with Crippen LogP contribution in [-0.4, -0.2) is 17.0 Å². The van der Waals surface area contributed by atoms with Crippen molar-refractivity contribution in [2.45, 2.75) is 6.54 Å². The summed E-state index contributed by atoms with van der Waals surface area (Å²) in [6.45, 7) is 0.557. The third-order valence-corrected chi connectivity index (χ3v) is 3.30. The molecule has 0 unspecified atom stereocenters. The van der Waals surface area contributed by atoms with Crippen molar-refractivity contribution >= 4 is 21.7 Å². The maximum atomic E-state index is 13.0. The first-order valence-corrected chi connectivity index (χ1v) is 6.26. The lowest BCUT2D eigenvalue weighted by Gasteiger charge is -2.18. The van der Waals surface area contributed by atoms with Crippen LogP contribution < -0.4 is 4.90 Å². The van der Waals surface area contributed by atoms with Gasteiger partial charge in [-0.05, 0) is 17.7 Å². The summed E-state index contributed by atoms with van der Waals surface area (Å²) in [4.78, 5) is 9.97. The summed E-state index contributed by atoms with van der Waals surface area (Å²) in [7, 11) is 1.85. The molecule has 0 N–H and O–H groups in total. The van der Waals surface area contributed by atoms with Crippen LogP contribution in [0, 0.1) is 17.1 Å². The zero-order valence-corrected chi connectivity index (χ0v) is 11.7. The van der Waals surface area contributed by atoms with E-state index in [4.69, 9.17) is 5.26 Å². The number of rotatable bonds is 3. The van der Waals surface area contributed by atoms with Crippen LogP contribution in [0.25, 0.3) is 0 Å². The minimum atomic E-state index is -0.281. The van der Waals surface area contributed by atoms with Gasteiger partial charge in [-0.1, -0.05) is 22.0 Å². The molecule has 2 aromatic rings. The maximum absolute atomic E-state index is 13.0. The molecule has 4 nitrogen and oxygen atoms in total. The Balaban J connectivity index is 2.16. The highest BCUT2D eigenvalue weighted by atomic mass is 79.9. The highest BCUT2D eigenvalue weighted by Crippen LogP contribution is 2.21. The van der Waals surface area contributed by atoms with Crippen LogP contribution in [0.3, 0.4) is 0 Å². The Labute approximate surface area is 118 Å². The molecular formula is C13H10BrFN4. The lowest BCUT2D eigenvalue weighted by Crippen LogP contribution is -2.18. The second-order valence-electron chi connectivity index (χ2n) is 3.96. The average molecular weight is 321 g/mol. The van der Waals surface area contributed by atoms with Gasteiger partial charge in [-0.3, -0.25) is 0 Å². The second-order valence-corrected chi connectivity index (χ2v) is 4.82. The Kier molecular flexibility index (Phi) is 4.07. The van der Waals surface area contributed by atoms with Gasteiger partial charge in [0.05, 0.1) is 12.4 Å². The highest BCUT2D eigenvalue weighted by molar-refractivity contribution is 9.10. The Morgan fingerprint density at radius 1 is 1.37 bits per heavy atom. The monoisotopic (exact) mass is 320 g/mol. The number of nitriles is 1. The fourth-order valence-corrected chi connectivity index (χ4v) is 2.04. The molecule has 2 rings (SSSR count). The van der Waals surface area contributed by atoms with E-state index in [2.05, 4.69) is 25.9 Å². The molecule has 0 spiro atoms. The Morgan fingerprint density at radius 2 is 2.16 bits per heavy atom. The van der Waals surface area contributed by atoms with E-state index in [-0.39, 0.29) is 11.5 Å². The zero-order valence-electron chi connectivity index (χ0n) is 10.1. The largest absolute Gasteiger partial charge is 0.354 e. The molecule has 0 saturated heterocycles. The van der Waals surface area contributed by atoms with E-state index in [1.54, 1.807) is 6.07 Å². The van der Waals surface area contributed by atoms with Gasteiger partial charge in [0.1, 0.15) is 17.7 Å². The van der Waals surface area contributed by atoms with Crippen molar-refractivity contribution < 1.29 is 4.39 Å². The minimum Gasteiger partial charge on any atom is -0.354 e. The molecule has 1 aromatic carbocycles. The van der Waals surface area contributed by atoms with Crippen LogP contribution in [0.1, 0.15) is 11.3 Å². The van der Waals surface area contributed by atoms with Crippen molar-refractivity contribution in [3.8, 4) is 6.07 Å². The third-order valence-electron chi connectivity index (χ3n) is 2.57. The Bertz CT molecular complexity index is 622. The first-order chi connectivity index (χ1) is 9.10. The van der Waals surface area contributed by atoms with Gasteiger partial charge in [0.2, 0.25) is 0 Å². The summed E-state index contributed by atoms with van der Waals surface area (Å²) in [6, 6.07) is 6.47. The van der Waals surface area contributed by atoms with Crippen LogP contribution >= 0.6 is 15.9 Å². The van der Waals surface area contributed by atoms with Gasteiger partial charge in [-0.25, -0.2) is 14.4 Å². The number of anilines is 1. The van der Waals surface area contributed by atoms with E-state index in [0.29, 0.717) is 16.8 Å². The topological polar surface area (TPSA) is 52.8 Å². The molecule has 0 bridgehead atoms. The van der Waals surface area contributed by atoms with Gasteiger partial charge in [-0.2, -0.15) is 5.26 Å². The number of benzene rings is 1. The molecule has 6 heteroatoms. The van der Waals surface area contributed by atoms with Gasteiger partial charge in [0.25, 0.3) is 0 Å². The molecule has 0 aliphatic carbocycles. The molecule has 0 aliphatic heterocycles. The predicted molar refractivity (Wildman–Crippen MR) is 73.0 cm³/mol. The summed E-state index contributed by atoms with van der Waals surface area (Å²) in [6.07, 6.45) is 2.96. The molecule has 0 radical (unpaired) electrons. The molecule has 0 saturated carbocycles. The summed E-state index contributed by atoms with van der Waals surface area (Å²) in [5, 5.41) is 8.66. The van der Waals surface area contributed by atoms with Gasteiger partial charge >= 0.3 is 0 Å². The summed E-state index contributed by atoms with van der Waals surface area (Å²) in [5.41, 5.74) is 1.22. The first kappa shape index (κ1) is 13.4. The van der Waals surface area contributed by atoms with Gasteiger partial charge < -0.3 is 4.90 Å². The molecule has 1 heterocycles. The smallest absolute Gasteiger partial charge is 0.158 e. The molecule has 0 atom stereocenters. The second kappa shape index (κ2) is 5.76. The van der Waals surface area contributed by atoms with Crippen LogP contribution in [-0.2, 0) is 6.54 Å². The molecule has 19 heavy (non-hydrogen) atoms. The predicted octanol–water partition coefficient (Wildman–Crippen LogP) is 2.89. The van der Waals surface area contributed by atoms with Crippen molar-refractivity contribution in [1.29, 1.82) is 5.26 Å². The van der Waals surface area contributed by atoms with Crippen LogP contribution in [0.2, 0.25) is 0 Å². The third kappa shape index (κ3) is 3.26. The van der Waals surface area contributed by atoms with E-state index < -0.39 is 0 Å².